The topological polar surface area (TPSA) is 66.4 Å². The van der Waals surface area contributed by atoms with E-state index in [0.717, 1.165) is 0 Å². The highest BCUT2D eigenvalue weighted by atomic mass is 16.4. The molecule has 0 aromatic heterocycles. The molecular formula is C16H19NO3. The Morgan fingerprint density at radius 1 is 1.20 bits per heavy atom. The highest BCUT2D eigenvalue weighted by Crippen LogP contribution is 2.55. The maximum atomic E-state index is 12.2. The van der Waals surface area contributed by atoms with Crippen molar-refractivity contribution in [2.24, 2.45) is 17.8 Å². The summed E-state index contributed by atoms with van der Waals surface area (Å²) in [5.74, 6) is 0.515. The van der Waals surface area contributed by atoms with Crippen LogP contribution < -0.4 is 5.32 Å². The molecule has 2 saturated carbocycles. The zero-order chi connectivity index (χ0) is 14.3. The molecule has 0 aliphatic heterocycles. The van der Waals surface area contributed by atoms with E-state index in [1.54, 1.807) is 25.1 Å². The number of carboxylic acids is 1. The van der Waals surface area contributed by atoms with Gasteiger partial charge >= 0.3 is 5.97 Å². The first-order valence-corrected chi connectivity index (χ1v) is 7.23. The Morgan fingerprint density at radius 2 is 1.85 bits per heavy atom. The van der Waals surface area contributed by atoms with Gasteiger partial charge in [-0.1, -0.05) is 12.8 Å². The maximum Gasteiger partial charge on any atom is 0.335 e. The molecule has 1 aromatic carbocycles. The van der Waals surface area contributed by atoms with Crippen LogP contribution in [0, 0.1) is 24.7 Å². The molecule has 0 saturated heterocycles. The number of nitrogens with one attached hydrogen (secondary N) is 1. The van der Waals surface area contributed by atoms with Crippen molar-refractivity contribution in [1.82, 2.24) is 0 Å². The van der Waals surface area contributed by atoms with Gasteiger partial charge in [-0.3, -0.25) is 4.79 Å². The summed E-state index contributed by atoms with van der Waals surface area (Å²) in [5, 5.41) is 11.9. The van der Waals surface area contributed by atoms with Gasteiger partial charge in [0.2, 0.25) is 5.91 Å². The fourth-order valence-electron chi connectivity index (χ4n) is 3.59. The van der Waals surface area contributed by atoms with Crippen LogP contribution in [-0.2, 0) is 4.79 Å². The average molecular weight is 273 g/mol. The number of amides is 1. The van der Waals surface area contributed by atoms with E-state index in [0.29, 0.717) is 23.1 Å². The highest BCUT2D eigenvalue weighted by Gasteiger charge is 2.54. The molecule has 1 aromatic rings. The Balaban J connectivity index is 1.68. The summed E-state index contributed by atoms with van der Waals surface area (Å²) in [4.78, 5) is 23.2. The number of fused-ring (bicyclic) bond motifs is 1. The van der Waals surface area contributed by atoms with Gasteiger partial charge in [0.05, 0.1) is 5.56 Å². The third kappa shape index (κ3) is 2.30. The van der Waals surface area contributed by atoms with Gasteiger partial charge in [-0.15, -0.1) is 0 Å². The molecule has 4 nitrogen and oxygen atoms in total. The molecule has 4 heteroatoms. The summed E-state index contributed by atoms with van der Waals surface area (Å²) in [6.07, 6.45) is 4.86. The minimum atomic E-state index is -0.936. The number of carboxylic acid groups (broad SMARTS) is 1. The van der Waals surface area contributed by atoms with Gasteiger partial charge < -0.3 is 10.4 Å². The minimum absolute atomic E-state index is 0.101. The van der Waals surface area contributed by atoms with Crippen LogP contribution in [0.15, 0.2) is 18.2 Å². The van der Waals surface area contributed by atoms with Gasteiger partial charge in [-0.25, -0.2) is 4.79 Å². The summed E-state index contributed by atoms with van der Waals surface area (Å²) < 4.78 is 0. The van der Waals surface area contributed by atoms with Crippen molar-refractivity contribution < 1.29 is 14.7 Å². The molecule has 2 atom stereocenters. The van der Waals surface area contributed by atoms with Crippen LogP contribution in [0.1, 0.15) is 41.6 Å². The molecule has 2 N–H and O–H groups in total. The van der Waals surface area contributed by atoms with E-state index in [4.69, 9.17) is 5.11 Å². The summed E-state index contributed by atoms with van der Waals surface area (Å²) in [6.45, 7) is 1.75. The maximum absolute atomic E-state index is 12.2. The number of hydrogen-bond acceptors (Lipinski definition) is 2. The minimum Gasteiger partial charge on any atom is -0.478 e. The summed E-state index contributed by atoms with van der Waals surface area (Å²) in [5.41, 5.74) is 1.65. The van der Waals surface area contributed by atoms with Crippen molar-refractivity contribution in [2.45, 2.75) is 32.6 Å². The highest BCUT2D eigenvalue weighted by molar-refractivity contribution is 5.96. The standard InChI is InChI=1S/C16H19NO3/c1-9-8-10(6-7-11(9)16(19)20)17-15(18)14-12-4-2-3-5-13(12)14/h6-8,12-14H,2-5H2,1H3,(H,17,18)(H,19,20). The largest absolute Gasteiger partial charge is 0.478 e. The SMILES string of the molecule is Cc1cc(NC(=O)C2C3CCCCC32)ccc1C(=O)O. The molecule has 20 heavy (non-hydrogen) atoms. The fraction of sp³-hybridized carbons (Fsp3) is 0.500. The smallest absolute Gasteiger partial charge is 0.335 e. The normalized spacial score (nSPS) is 27.6. The zero-order valence-electron chi connectivity index (χ0n) is 11.6. The summed E-state index contributed by atoms with van der Waals surface area (Å²) in [6, 6.07) is 4.95. The lowest BCUT2D eigenvalue weighted by Crippen LogP contribution is -2.15. The Kier molecular flexibility index (Phi) is 3.24. The van der Waals surface area contributed by atoms with Crippen molar-refractivity contribution in [3.63, 3.8) is 0 Å². The lowest BCUT2D eigenvalue weighted by molar-refractivity contribution is -0.117. The third-order valence-corrected chi connectivity index (χ3v) is 4.68. The van der Waals surface area contributed by atoms with E-state index in [9.17, 15) is 9.59 Å². The Morgan fingerprint density at radius 3 is 2.40 bits per heavy atom. The quantitative estimate of drug-likeness (QED) is 0.889. The van der Waals surface area contributed by atoms with Crippen LogP contribution >= 0.6 is 0 Å². The molecule has 2 fully saturated rings. The number of hydrogen-bond donors (Lipinski definition) is 2. The van der Waals surface area contributed by atoms with Crippen LogP contribution in [-0.4, -0.2) is 17.0 Å². The summed E-state index contributed by atoms with van der Waals surface area (Å²) in [7, 11) is 0. The molecule has 3 rings (SSSR count). The van der Waals surface area contributed by atoms with Crippen LogP contribution in [0.4, 0.5) is 5.69 Å². The van der Waals surface area contributed by atoms with E-state index in [1.807, 2.05) is 0 Å². The van der Waals surface area contributed by atoms with Gasteiger partial charge in [-0.2, -0.15) is 0 Å². The van der Waals surface area contributed by atoms with Crippen molar-refractivity contribution in [2.75, 3.05) is 5.32 Å². The first kappa shape index (κ1) is 13.2. The molecule has 1 amide bonds. The van der Waals surface area contributed by atoms with Crippen molar-refractivity contribution in [3.8, 4) is 0 Å². The van der Waals surface area contributed by atoms with Gasteiger partial charge in [0.15, 0.2) is 0 Å². The molecule has 2 unspecified atom stereocenters. The molecule has 106 valence electrons. The molecule has 0 radical (unpaired) electrons. The van der Waals surface area contributed by atoms with Gasteiger partial charge in [-0.05, 0) is 55.4 Å². The predicted octanol–water partition coefficient (Wildman–Crippen LogP) is 3.07. The molecular weight excluding hydrogens is 254 g/mol. The monoisotopic (exact) mass is 273 g/mol. The van der Waals surface area contributed by atoms with Crippen LogP contribution in [0.25, 0.3) is 0 Å². The van der Waals surface area contributed by atoms with Crippen molar-refractivity contribution >= 4 is 17.6 Å². The van der Waals surface area contributed by atoms with E-state index in [1.165, 1.54) is 25.7 Å². The van der Waals surface area contributed by atoms with E-state index in [2.05, 4.69) is 5.32 Å². The number of rotatable bonds is 3. The second-order valence-electron chi connectivity index (χ2n) is 5.96. The number of aryl methyl sites for hydroxylation is 1. The predicted molar refractivity (Wildman–Crippen MR) is 75.7 cm³/mol. The van der Waals surface area contributed by atoms with Crippen LogP contribution in [0.2, 0.25) is 0 Å². The van der Waals surface area contributed by atoms with Gasteiger partial charge in [0.25, 0.3) is 0 Å². The van der Waals surface area contributed by atoms with Crippen LogP contribution in [0.5, 0.6) is 0 Å². The lowest BCUT2D eigenvalue weighted by atomic mass is 10.0. The molecule has 0 spiro atoms. The molecule has 0 heterocycles. The zero-order valence-corrected chi connectivity index (χ0v) is 11.6. The lowest BCUT2D eigenvalue weighted by Gasteiger charge is -2.07. The molecule has 0 bridgehead atoms. The van der Waals surface area contributed by atoms with Crippen molar-refractivity contribution in [1.29, 1.82) is 0 Å². The number of anilines is 1. The Bertz CT molecular complexity index is 555. The second-order valence-corrected chi connectivity index (χ2v) is 5.96. The fourth-order valence-corrected chi connectivity index (χ4v) is 3.59. The Labute approximate surface area is 118 Å². The van der Waals surface area contributed by atoms with E-state index >= 15 is 0 Å². The molecule has 2 aliphatic rings. The third-order valence-electron chi connectivity index (χ3n) is 4.68. The Hall–Kier alpha value is -1.84. The summed E-state index contributed by atoms with van der Waals surface area (Å²) >= 11 is 0. The van der Waals surface area contributed by atoms with Gasteiger partial charge in [0.1, 0.15) is 0 Å². The van der Waals surface area contributed by atoms with Crippen LogP contribution in [0.3, 0.4) is 0 Å². The number of carbonyl (C=O) groups excluding carboxylic acids is 1. The number of benzene rings is 1. The van der Waals surface area contributed by atoms with Gasteiger partial charge in [0, 0.05) is 11.6 Å². The van der Waals surface area contributed by atoms with E-state index in [-0.39, 0.29) is 17.4 Å². The van der Waals surface area contributed by atoms with E-state index < -0.39 is 5.97 Å². The first-order valence-electron chi connectivity index (χ1n) is 7.23. The number of aromatic carboxylic acids is 1. The average Bonchev–Trinajstić information content (AvgIpc) is 3.12. The first-order chi connectivity index (χ1) is 9.58. The molecule has 2 aliphatic carbocycles. The second kappa shape index (κ2) is 4.93. The number of carbonyl (C=O) groups is 2. The van der Waals surface area contributed by atoms with Crippen molar-refractivity contribution in [3.05, 3.63) is 29.3 Å².